The summed E-state index contributed by atoms with van der Waals surface area (Å²) in [6.07, 6.45) is 3.84. The molecule has 27 heavy (non-hydrogen) atoms. The number of nitrogens with zero attached hydrogens (tertiary/aromatic N) is 2. The number of sulfonamides is 2. The molecule has 1 aliphatic heterocycles. The zero-order valence-corrected chi connectivity index (χ0v) is 17.5. The van der Waals surface area contributed by atoms with Crippen LogP contribution in [0.1, 0.15) is 39.5 Å². The average molecular weight is 417 g/mol. The van der Waals surface area contributed by atoms with E-state index in [1.54, 1.807) is 4.31 Å². The summed E-state index contributed by atoms with van der Waals surface area (Å²) >= 11 is 0. The van der Waals surface area contributed by atoms with Gasteiger partial charge in [0.1, 0.15) is 0 Å². The van der Waals surface area contributed by atoms with E-state index in [0.717, 1.165) is 25.7 Å². The second kappa shape index (κ2) is 8.16. The second-order valence-corrected chi connectivity index (χ2v) is 11.1. The first-order valence-corrected chi connectivity index (χ1v) is 12.3. The molecule has 0 spiro atoms. The fourth-order valence-electron chi connectivity index (χ4n) is 3.90. The van der Waals surface area contributed by atoms with E-state index in [-0.39, 0.29) is 21.9 Å². The number of hydrogen-bond acceptors (Lipinski definition) is 5. The van der Waals surface area contributed by atoms with Gasteiger partial charge < -0.3 is 4.74 Å². The molecule has 1 saturated carbocycles. The van der Waals surface area contributed by atoms with Crippen molar-refractivity contribution in [3.8, 4) is 0 Å². The molecule has 0 unspecified atom stereocenters. The molecule has 0 aromatic heterocycles. The molecule has 0 amide bonds. The lowest BCUT2D eigenvalue weighted by Gasteiger charge is -2.31. The van der Waals surface area contributed by atoms with E-state index in [4.69, 9.17) is 4.74 Å². The van der Waals surface area contributed by atoms with Crippen LogP contribution in [0.5, 0.6) is 0 Å². The molecule has 2 aliphatic rings. The predicted octanol–water partition coefficient (Wildman–Crippen LogP) is 2.05. The van der Waals surface area contributed by atoms with E-state index in [2.05, 4.69) is 0 Å². The average Bonchev–Trinajstić information content (AvgIpc) is 3.16. The molecule has 0 N–H and O–H groups in total. The lowest BCUT2D eigenvalue weighted by atomic mass is 10.2. The van der Waals surface area contributed by atoms with Gasteiger partial charge in [0.2, 0.25) is 20.0 Å². The van der Waals surface area contributed by atoms with Gasteiger partial charge in [0, 0.05) is 25.2 Å². The van der Waals surface area contributed by atoms with Crippen molar-refractivity contribution in [2.24, 2.45) is 0 Å². The van der Waals surface area contributed by atoms with E-state index in [0.29, 0.717) is 26.3 Å². The molecule has 152 valence electrons. The molecular formula is C18H28N2O5S2. The Hall–Kier alpha value is -1.00. The highest BCUT2D eigenvalue weighted by molar-refractivity contribution is 7.89. The molecule has 9 heteroatoms. The van der Waals surface area contributed by atoms with Crippen molar-refractivity contribution in [3.05, 3.63) is 24.3 Å². The summed E-state index contributed by atoms with van der Waals surface area (Å²) in [6, 6.07) is 5.48. The molecule has 1 heterocycles. The van der Waals surface area contributed by atoms with E-state index in [9.17, 15) is 16.8 Å². The smallest absolute Gasteiger partial charge is 0.243 e. The van der Waals surface area contributed by atoms with Crippen LogP contribution in [0.4, 0.5) is 0 Å². The highest BCUT2D eigenvalue weighted by Crippen LogP contribution is 2.31. The van der Waals surface area contributed by atoms with Gasteiger partial charge in [-0.2, -0.15) is 8.61 Å². The van der Waals surface area contributed by atoms with E-state index >= 15 is 0 Å². The highest BCUT2D eigenvalue weighted by Gasteiger charge is 2.35. The zero-order chi connectivity index (χ0) is 19.7. The van der Waals surface area contributed by atoms with Crippen molar-refractivity contribution in [2.75, 3.05) is 26.3 Å². The monoisotopic (exact) mass is 416 g/mol. The Morgan fingerprint density at radius 3 is 2.00 bits per heavy atom. The zero-order valence-electron chi connectivity index (χ0n) is 15.9. The van der Waals surface area contributed by atoms with Crippen LogP contribution in [0.25, 0.3) is 0 Å². The Labute approximate surface area is 162 Å². The van der Waals surface area contributed by atoms with Crippen LogP contribution in [0.2, 0.25) is 0 Å². The first-order valence-electron chi connectivity index (χ1n) is 9.46. The molecule has 1 aromatic rings. The van der Waals surface area contributed by atoms with Crippen LogP contribution < -0.4 is 0 Å². The molecule has 0 radical (unpaired) electrons. The number of benzene rings is 1. The van der Waals surface area contributed by atoms with Gasteiger partial charge in [-0.1, -0.05) is 12.8 Å². The highest BCUT2D eigenvalue weighted by atomic mass is 32.2. The summed E-state index contributed by atoms with van der Waals surface area (Å²) < 4.78 is 59.9. The summed E-state index contributed by atoms with van der Waals surface area (Å²) in [4.78, 5) is 0.254. The van der Waals surface area contributed by atoms with Gasteiger partial charge in [0.05, 0.1) is 23.0 Å². The van der Waals surface area contributed by atoms with Crippen LogP contribution in [0.3, 0.4) is 0 Å². The molecule has 1 aromatic carbocycles. The van der Waals surface area contributed by atoms with Crippen molar-refractivity contribution >= 4 is 20.0 Å². The molecule has 2 fully saturated rings. The Bertz CT molecular complexity index is 838. The molecule has 3 rings (SSSR count). The van der Waals surface area contributed by atoms with E-state index in [1.807, 2.05) is 13.8 Å². The Kier molecular flexibility index (Phi) is 6.27. The Balaban J connectivity index is 1.87. The van der Waals surface area contributed by atoms with Gasteiger partial charge >= 0.3 is 0 Å². The maximum Gasteiger partial charge on any atom is 0.243 e. The Morgan fingerprint density at radius 1 is 0.963 bits per heavy atom. The maximum atomic E-state index is 13.2. The third-order valence-corrected chi connectivity index (χ3v) is 9.26. The van der Waals surface area contributed by atoms with Crippen molar-refractivity contribution in [3.63, 3.8) is 0 Å². The normalized spacial score (nSPS) is 20.6. The molecule has 0 bridgehead atoms. The van der Waals surface area contributed by atoms with Crippen LogP contribution in [-0.2, 0) is 24.8 Å². The van der Waals surface area contributed by atoms with Gasteiger partial charge in [-0.15, -0.1) is 0 Å². The minimum atomic E-state index is -3.67. The van der Waals surface area contributed by atoms with Crippen LogP contribution in [0, 0.1) is 0 Å². The number of morpholine rings is 1. The SMILES string of the molecule is CC(C)N(C1CCCC1)S(=O)(=O)c1ccc(S(=O)(=O)N2CCOCC2)cc1. The van der Waals surface area contributed by atoms with Crippen molar-refractivity contribution in [1.29, 1.82) is 0 Å². The van der Waals surface area contributed by atoms with Crippen molar-refractivity contribution < 1.29 is 21.6 Å². The molecule has 1 aliphatic carbocycles. The van der Waals surface area contributed by atoms with E-state index in [1.165, 1.54) is 28.6 Å². The lowest BCUT2D eigenvalue weighted by molar-refractivity contribution is 0.0730. The molecule has 7 nitrogen and oxygen atoms in total. The summed E-state index contributed by atoms with van der Waals surface area (Å²) in [5, 5.41) is 0. The van der Waals surface area contributed by atoms with Gasteiger partial charge in [0.15, 0.2) is 0 Å². The first kappa shape index (κ1) is 20.7. The van der Waals surface area contributed by atoms with Gasteiger partial charge in [-0.3, -0.25) is 0 Å². The summed E-state index contributed by atoms with van der Waals surface area (Å²) in [5.41, 5.74) is 0. The largest absolute Gasteiger partial charge is 0.379 e. The van der Waals surface area contributed by atoms with Gasteiger partial charge in [-0.05, 0) is 51.0 Å². The fraction of sp³-hybridized carbons (Fsp3) is 0.667. The third-order valence-electron chi connectivity index (χ3n) is 5.20. The van der Waals surface area contributed by atoms with Crippen LogP contribution in [-0.4, -0.2) is 63.8 Å². The van der Waals surface area contributed by atoms with Gasteiger partial charge in [-0.25, -0.2) is 16.8 Å². The number of rotatable bonds is 6. The molecular weight excluding hydrogens is 388 g/mol. The van der Waals surface area contributed by atoms with Crippen LogP contribution in [0.15, 0.2) is 34.1 Å². The second-order valence-electron chi connectivity index (χ2n) is 7.35. The van der Waals surface area contributed by atoms with Gasteiger partial charge in [0.25, 0.3) is 0 Å². The summed E-state index contributed by atoms with van der Waals surface area (Å²) in [7, 11) is -7.30. The summed E-state index contributed by atoms with van der Waals surface area (Å²) in [6.45, 7) is 5.13. The first-order chi connectivity index (χ1) is 12.7. The topological polar surface area (TPSA) is 84.0 Å². The van der Waals surface area contributed by atoms with Crippen LogP contribution >= 0.6 is 0 Å². The molecule has 0 atom stereocenters. The third kappa shape index (κ3) is 4.22. The lowest BCUT2D eigenvalue weighted by Crippen LogP contribution is -2.43. The maximum absolute atomic E-state index is 13.2. The minimum Gasteiger partial charge on any atom is -0.379 e. The number of ether oxygens (including phenoxy) is 1. The standard InChI is InChI=1S/C18H28N2O5S2/c1-15(2)20(16-5-3-4-6-16)27(23,24)18-9-7-17(8-10-18)26(21,22)19-11-13-25-14-12-19/h7-10,15-16H,3-6,11-14H2,1-2H3. The Morgan fingerprint density at radius 2 is 1.48 bits per heavy atom. The predicted molar refractivity (Wildman–Crippen MR) is 102 cm³/mol. The fourth-order valence-corrected chi connectivity index (χ4v) is 7.19. The quantitative estimate of drug-likeness (QED) is 0.709. The molecule has 1 saturated heterocycles. The van der Waals surface area contributed by atoms with Crippen molar-refractivity contribution in [2.45, 2.75) is 61.4 Å². The summed E-state index contributed by atoms with van der Waals surface area (Å²) in [5.74, 6) is 0. The van der Waals surface area contributed by atoms with Crippen molar-refractivity contribution in [1.82, 2.24) is 8.61 Å². The van der Waals surface area contributed by atoms with E-state index < -0.39 is 20.0 Å². The number of hydrogen-bond donors (Lipinski definition) is 0. The minimum absolute atomic E-state index is 0.0201.